The molecule has 0 atom stereocenters. The number of nitrogens with one attached hydrogen (secondary N) is 2. The number of hydrogen-bond donors (Lipinski definition) is 2. The van der Waals surface area contributed by atoms with Gasteiger partial charge in [-0.25, -0.2) is 0 Å². The molecule has 0 heterocycles. The third-order valence-corrected chi connectivity index (χ3v) is 5.23. The number of para-hydroxylation sites is 1. The number of hydrogen-bond acceptors (Lipinski definition) is 4. The Morgan fingerprint density at radius 1 is 1.11 bits per heavy atom. The summed E-state index contributed by atoms with van der Waals surface area (Å²) in [6, 6.07) is 7.24. The standard InChI is InChI=1S/C19H24Cl2N4O2/c1-25(11-16(26)23-18-14(20)7-6-8-15(18)21)12-17(27)24-19(13-22)9-4-2-3-5-10-19/h6-8H,2-5,9-12H2,1H3,(H,23,26)(H,24,27). The van der Waals surface area contributed by atoms with Crippen molar-refractivity contribution in [2.45, 2.75) is 44.1 Å². The lowest BCUT2D eigenvalue weighted by Gasteiger charge is -2.27. The van der Waals surface area contributed by atoms with Crippen molar-refractivity contribution in [3.05, 3.63) is 28.2 Å². The van der Waals surface area contributed by atoms with Crippen molar-refractivity contribution in [3.63, 3.8) is 0 Å². The number of carbonyl (C=O) groups excluding carboxylic acids is 2. The van der Waals surface area contributed by atoms with Crippen LogP contribution in [0.2, 0.25) is 10.0 Å². The van der Waals surface area contributed by atoms with Crippen LogP contribution in [0.15, 0.2) is 18.2 Å². The summed E-state index contributed by atoms with van der Waals surface area (Å²) in [5.74, 6) is -0.589. The molecule has 0 spiro atoms. The van der Waals surface area contributed by atoms with E-state index >= 15 is 0 Å². The smallest absolute Gasteiger partial charge is 0.238 e. The van der Waals surface area contributed by atoms with Crippen LogP contribution in [0, 0.1) is 11.3 Å². The van der Waals surface area contributed by atoms with Gasteiger partial charge in [-0.1, -0.05) is 55.0 Å². The number of carbonyl (C=O) groups is 2. The van der Waals surface area contributed by atoms with Gasteiger partial charge in [0.25, 0.3) is 0 Å². The van der Waals surface area contributed by atoms with Crippen LogP contribution in [-0.2, 0) is 9.59 Å². The van der Waals surface area contributed by atoms with Gasteiger partial charge in [-0.2, -0.15) is 5.26 Å². The topological polar surface area (TPSA) is 85.2 Å². The number of benzene rings is 1. The van der Waals surface area contributed by atoms with Crippen LogP contribution < -0.4 is 10.6 Å². The number of nitriles is 1. The highest BCUT2D eigenvalue weighted by Crippen LogP contribution is 2.29. The van der Waals surface area contributed by atoms with Crippen LogP contribution in [-0.4, -0.2) is 42.4 Å². The van der Waals surface area contributed by atoms with Gasteiger partial charge in [-0.3, -0.25) is 14.5 Å². The normalized spacial score (nSPS) is 16.3. The van der Waals surface area contributed by atoms with E-state index in [0.29, 0.717) is 28.6 Å². The second-order valence-electron chi connectivity index (χ2n) is 6.97. The summed E-state index contributed by atoms with van der Waals surface area (Å²) in [6.07, 6.45) is 5.39. The first-order chi connectivity index (χ1) is 12.8. The highest BCUT2D eigenvalue weighted by molar-refractivity contribution is 6.39. The molecule has 27 heavy (non-hydrogen) atoms. The molecule has 0 radical (unpaired) electrons. The summed E-state index contributed by atoms with van der Waals surface area (Å²) in [4.78, 5) is 26.2. The molecule has 2 N–H and O–H groups in total. The largest absolute Gasteiger partial charge is 0.337 e. The number of likely N-dealkylation sites (N-methyl/N-ethyl adjacent to an activating group) is 1. The molecule has 8 heteroatoms. The first-order valence-electron chi connectivity index (χ1n) is 9.00. The van der Waals surface area contributed by atoms with E-state index in [-0.39, 0.29) is 24.9 Å². The maximum absolute atomic E-state index is 12.4. The van der Waals surface area contributed by atoms with Crippen molar-refractivity contribution in [1.82, 2.24) is 10.2 Å². The molecule has 1 aliphatic rings. The van der Waals surface area contributed by atoms with Crippen molar-refractivity contribution in [2.75, 3.05) is 25.5 Å². The fourth-order valence-corrected chi connectivity index (χ4v) is 3.74. The molecular formula is C19H24Cl2N4O2. The van der Waals surface area contributed by atoms with Crippen LogP contribution in [0.1, 0.15) is 38.5 Å². The average Bonchev–Trinajstić information content (AvgIpc) is 2.84. The van der Waals surface area contributed by atoms with Gasteiger partial charge < -0.3 is 10.6 Å². The van der Waals surface area contributed by atoms with E-state index in [2.05, 4.69) is 16.7 Å². The van der Waals surface area contributed by atoms with Gasteiger partial charge >= 0.3 is 0 Å². The molecule has 2 rings (SSSR count). The molecule has 0 saturated heterocycles. The highest BCUT2D eigenvalue weighted by atomic mass is 35.5. The van der Waals surface area contributed by atoms with Crippen molar-refractivity contribution < 1.29 is 9.59 Å². The first kappa shape index (κ1) is 21.5. The Labute approximate surface area is 169 Å². The molecule has 1 saturated carbocycles. The summed E-state index contributed by atoms with van der Waals surface area (Å²) in [5, 5.41) is 15.8. The van der Waals surface area contributed by atoms with Gasteiger partial charge in [0, 0.05) is 0 Å². The average molecular weight is 411 g/mol. The van der Waals surface area contributed by atoms with E-state index in [4.69, 9.17) is 23.2 Å². The predicted molar refractivity (Wildman–Crippen MR) is 107 cm³/mol. The van der Waals surface area contributed by atoms with Crippen molar-refractivity contribution in [3.8, 4) is 6.07 Å². The lowest BCUT2D eigenvalue weighted by molar-refractivity contribution is -0.124. The number of rotatable bonds is 6. The third kappa shape index (κ3) is 6.39. The maximum atomic E-state index is 12.4. The molecular weight excluding hydrogens is 387 g/mol. The molecule has 0 bridgehead atoms. The third-order valence-electron chi connectivity index (χ3n) is 4.60. The van der Waals surface area contributed by atoms with E-state index < -0.39 is 5.54 Å². The van der Waals surface area contributed by atoms with Crippen LogP contribution >= 0.6 is 23.2 Å². The van der Waals surface area contributed by atoms with Gasteiger partial charge in [-0.05, 0) is 32.0 Å². The zero-order valence-corrected chi connectivity index (χ0v) is 16.9. The van der Waals surface area contributed by atoms with E-state index in [1.807, 2.05) is 0 Å². The van der Waals surface area contributed by atoms with Crippen molar-refractivity contribution in [1.29, 1.82) is 5.26 Å². The number of anilines is 1. The number of amides is 2. The molecule has 6 nitrogen and oxygen atoms in total. The van der Waals surface area contributed by atoms with Gasteiger partial charge in [-0.15, -0.1) is 0 Å². The molecule has 2 amide bonds. The molecule has 1 aromatic rings. The Morgan fingerprint density at radius 3 is 2.22 bits per heavy atom. The maximum Gasteiger partial charge on any atom is 0.238 e. The van der Waals surface area contributed by atoms with Crippen LogP contribution in [0.4, 0.5) is 5.69 Å². The fourth-order valence-electron chi connectivity index (χ4n) is 3.25. The number of halogens is 2. The van der Waals surface area contributed by atoms with Gasteiger partial charge in [0.1, 0.15) is 5.54 Å². The summed E-state index contributed by atoms with van der Waals surface area (Å²) < 4.78 is 0. The molecule has 1 fully saturated rings. The summed E-state index contributed by atoms with van der Waals surface area (Å²) in [5.41, 5.74) is -0.438. The Kier molecular flexibility index (Phi) is 7.91. The zero-order valence-electron chi connectivity index (χ0n) is 15.4. The van der Waals surface area contributed by atoms with E-state index in [9.17, 15) is 14.9 Å². The van der Waals surface area contributed by atoms with Crippen LogP contribution in [0.5, 0.6) is 0 Å². The molecule has 0 unspecified atom stereocenters. The van der Waals surface area contributed by atoms with E-state index in [0.717, 1.165) is 25.7 Å². The van der Waals surface area contributed by atoms with E-state index in [1.165, 1.54) is 0 Å². The van der Waals surface area contributed by atoms with Crippen molar-refractivity contribution >= 4 is 40.7 Å². The quantitative estimate of drug-likeness (QED) is 0.701. The number of nitrogens with zero attached hydrogens (tertiary/aromatic N) is 2. The zero-order chi connectivity index (χ0) is 19.9. The Morgan fingerprint density at radius 2 is 1.67 bits per heavy atom. The fraction of sp³-hybridized carbons (Fsp3) is 0.526. The second kappa shape index (κ2) is 9.93. The lowest BCUT2D eigenvalue weighted by atomic mass is 9.92. The summed E-state index contributed by atoms with van der Waals surface area (Å²) >= 11 is 12.1. The highest BCUT2D eigenvalue weighted by Gasteiger charge is 2.32. The summed E-state index contributed by atoms with van der Waals surface area (Å²) in [6.45, 7) is 0.0155. The monoisotopic (exact) mass is 410 g/mol. The minimum atomic E-state index is -0.790. The SMILES string of the molecule is CN(CC(=O)Nc1c(Cl)cccc1Cl)CC(=O)NC1(C#N)CCCCCC1. The molecule has 1 aliphatic carbocycles. The van der Waals surface area contributed by atoms with Crippen LogP contribution in [0.25, 0.3) is 0 Å². The Bertz CT molecular complexity index is 705. The van der Waals surface area contributed by atoms with Crippen molar-refractivity contribution in [2.24, 2.45) is 0 Å². The Balaban J connectivity index is 1.87. The van der Waals surface area contributed by atoms with E-state index in [1.54, 1.807) is 30.1 Å². The minimum Gasteiger partial charge on any atom is -0.337 e. The predicted octanol–water partition coefficient (Wildman–Crippen LogP) is 3.60. The van der Waals surface area contributed by atoms with Crippen LogP contribution in [0.3, 0.4) is 0 Å². The molecule has 0 aromatic heterocycles. The van der Waals surface area contributed by atoms with Gasteiger partial charge in [0.05, 0.1) is 34.9 Å². The summed E-state index contributed by atoms with van der Waals surface area (Å²) in [7, 11) is 1.67. The first-order valence-corrected chi connectivity index (χ1v) is 9.75. The molecule has 1 aromatic carbocycles. The molecule has 146 valence electrons. The molecule has 0 aliphatic heterocycles. The Hall–Kier alpha value is -1.81. The minimum absolute atomic E-state index is 0.00543. The lowest BCUT2D eigenvalue weighted by Crippen LogP contribution is -2.50. The second-order valence-corrected chi connectivity index (χ2v) is 7.79. The van der Waals surface area contributed by atoms with Gasteiger partial charge in [0.2, 0.25) is 11.8 Å². The van der Waals surface area contributed by atoms with Gasteiger partial charge in [0.15, 0.2) is 0 Å².